The minimum Gasteiger partial charge on any atom is -0.344 e. The van der Waals surface area contributed by atoms with Crippen molar-refractivity contribution in [1.82, 2.24) is 9.80 Å². The van der Waals surface area contributed by atoms with Crippen LogP contribution in [0, 0.1) is 0 Å². The number of amides is 1. The minimum atomic E-state index is -0.0680. The first-order valence-corrected chi connectivity index (χ1v) is 4.77. The Kier molecular flexibility index (Phi) is 1.85. The molecule has 2 fully saturated rings. The van der Waals surface area contributed by atoms with Crippen LogP contribution in [0.15, 0.2) is 0 Å². The van der Waals surface area contributed by atoms with Crippen LogP contribution >= 0.6 is 0 Å². The molecule has 0 spiro atoms. The second-order valence-corrected chi connectivity index (χ2v) is 4.62. The maximum Gasteiger partial charge on any atom is 0.239 e. The number of hydrogen-bond donors (Lipinski definition) is 1. The van der Waals surface area contributed by atoms with Gasteiger partial charge in [0.25, 0.3) is 0 Å². The molecule has 2 rings (SSSR count). The van der Waals surface area contributed by atoms with Crippen LogP contribution in [0.2, 0.25) is 0 Å². The molecule has 2 aliphatic rings. The fraction of sp³-hybridized carbons (Fsp3) is 0.889. The van der Waals surface area contributed by atoms with E-state index in [0.29, 0.717) is 0 Å². The number of carbonyl (C=O) groups excluding carboxylic acids is 1. The third kappa shape index (κ3) is 1.44. The van der Waals surface area contributed by atoms with Crippen LogP contribution in [0.4, 0.5) is 0 Å². The summed E-state index contributed by atoms with van der Waals surface area (Å²) >= 11 is 0. The molecule has 0 aliphatic carbocycles. The standard InChI is InChI=1S/C9H17N3O/c1-9(10)5-12(6-9)7-3-4-11(2)8(7)13/h7H,3-6,10H2,1-2H3. The molecule has 0 radical (unpaired) electrons. The second-order valence-electron chi connectivity index (χ2n) is 4.62. The van der Waals surface area contributed by atoms with Gasteiger partial charge in [-0.1, -0.05) is 0 Å². The molecule has 1 unspecified atom stereocenters. The molecule has 1 amide bonds. The van der Waals surface area contributed by atoms with Crippen LogP contribution in [0.3, 0.4) is 0 Å². The van der Waals surface area contributed by atoms with Gasteiger partial charge in [0.05, 0.1) is 6.04 Å². The van der Waals surface area contributed by atoms with Crippen LogP contribution < -0.4 is 5.73 Å². The lowest BCUT2D eigenvalue weighted by molar-refractivity contribution is -0.133. The number of likely N-dealkylation sites (N-methyl/N-ethyl adjacent to an activating group) is 1. The molecule has 0 aromatic rings. The molecule has 1 atom stereocenters. The van der Waals surface area contributed by atoms with Crippen molar-refractivity contribution in [3.05, 3.63) is 0 Å². The van der Waals surface area contributed by atoms with Crippen molar-refractivity contribution < 1.29 is 4.79 Å². The topological polar surface area (TPSA) is 49.6 Å². The molecule has 74 valence electrons. The van der Waals surface area contributed by atoms with E-state index in [0.717, 1.165) is 26.1 Å². The summed E-state index contributed by atoms with van der Waals surface area (Å²) in [5.74, 6) is 0.260. The lowest BCUT2D eigenvalue weighted by Gasteiger charge is -2.47. The normalized spacial score (nSPS) is 33.6. The maximum absolute atomic E-state index is 11.6. The molecule has 4 heteroatoms. The van der Waals surface area contributed by atoms with Gasteiger partial charge in [0.2, 0.25) is 5.91 Å². The summed E-state index contributed by atoms with van der Waals surface area (Å²) < 4.78 is 0. The van der Waals surface area contributed by atoms with E-state index in [1.165, 1.54) is 0 Å². The van der Waals surface area contributed by atoms with Gasteiger partial charge in [-0.25, -0.2) is 0 Å². The Bertz CT molecular complexity index is 231. The molecular formula is C9H17N3O. The second kappa shape index (κ2) is 2.69. The van der Waals surface area contributed by atoms with Crippen molar-refractivity contribution >= 4 is 5.91 Å². The van der Waals surface area contributed by atoms with E-state index in [4.69, 9.17) is 5.73 Å². The van der Waals surface area contributed by atoms with Crippen molar-refractivity contribution in [3.63, 3.8) is 0 Å². The largest absolute Gasteiger partial charge is 0.344 e. The van der Waals surface area contributed by atoms with Gasteiger partial charge >= 0.3 is 0 Å². The summed E-state index contributed by atoms with van der Waals surface area (Å²) in [5.41, 5.74) is 5.83. The monoisotopic (exact) mass is 183 g/mol. The molecule has 2 saturated heterocycles. The first kappa shape index (κ1) is 8.97. The van der Waals surface area contributed by atoms with Gasteiger partial charge in [-0.3, -0.25) is 9.69 Å². The van der Waals surface area contributed by atoms with Gasteiger partial charge in [0.15, 0.2) is 0 Å². The van der Waals surface area contributed by atoms with Crippen LogP contribution in [0.5, 0.6) is 0 Å². The Morgan fingerprint density at radius 3 is 2.54 bits per heavy atom. The third-order valence-electron chi connectivity index (χ3n) is 2.97. The molecule has 0 aromatic carbocycles. The highest BCUT2D eigenvalue weighted by Crippen LogP contribution is 2.25. The van der Waals surface area contributed by atoms with E-state index in [2.05, 4.69) is 4.90 Å². The molecule has 4 nitrogen and oxygen atoms in total. The predicted molar refractivity (Wildman–Crippen MR) is 50.2 cm³/mol. The summed E-state index contributed by atoms with van der Waals surface area (Å²) in [6, 6.07) is 0.113. The fourth-order valence-electron chi connectivity index (χ4n) is 2.24. The Morgan fingerprint density at radius 2 is 2.15 bits per heavy atom. The van der Waals surface area contributed by atoms with Gasteiger partial charge in [-0.2, -0.15) is 0 Å². The number of hydrogen-bond acceptors (Lipinski definition) is 3. The number of nitrogens with two attached hydrogens (primary N) is 1. The number of carbonyl (C=O) groups is 1. The Labute approximate surface area is 78.7 Å². The Morgan fingerprint density at radius 1 is 1.54 bits per heavy atom. The summed E-state index contributed by atoms with van der Waals surface area (Å²) in [6.07, 6.45) is 0.964. The van der Waals surface area contributed by atoms with Crippen molar-refractivity contribution in [2.24, 2.45) is 5.73 Å². The summed E-state index contributed by atoms with van der Waals surface area (Å²) in [7, 11) is 1.86. The van der Waals surface area contributed by atoms with E-state index in [1.54, 1.807) is 4.90 Å². The fourth-order valence-corrected chi connectivity index (χ4v) is 2.24. The molecule has 13 heavy (non-hydrogen) atoms. The van der Waals surface area contributed by atoms with Crippen LogP contribution in [0.25, 0.3) is 0 Å². The highest BCUT2D eigenvalue weighted by Gasteiger charge is 2.44. The highest BCUT2D eigenvalue weighted by atomic mass is 16.2. The zero-order valence-corrected chi connectivity index (χ0v) is 8.29. The first-order chi connectivity index (χ1) is 5.99. The van der Waals surface area contributed by atoms with Crippen molar-refractivity contribution in [2.75, 3.05) is 26.7 Å². The quantitative estimate of drug-likeness (QED) is 0.582. The van der Waals surface area contributed by atoms with Crippen LogP contribution in [-0.4, -0.2) is 54.0 Å². The molecule has 2 aliphatic heterocycles. The number of likely N-dealkylation sites (tertiary alicyclic amines) is 2. The van der Waals surface area contributed by atoms with Gasteiger partial charge in [-0.15, -0.1) is 0 Å². The SMILES string of the molecule is CN1CCC(N2CC(C)(N)C2)C1=O. The average Bonchev–Trinajstić information content (AvgIpc) is 2.28. The van der Waals surface area contributed by atoms with E-state index in [-0.39, 0.29) is 17.5 Å². The Hall–Kier alpha value is -0.610. The van der Waals surface area contributed by atoms with Gasteiger partial charge in [0.1, 0.15) is 0 Å². The van der Waals surface area contributed by atoms with Crippen LogP contribution in [0.1, 0.15) is 13.3 Å². The molecule has 2 heterocycles. The van der Waals surface area contributed by atoms with Crippen molar-refractivity contribution in [2.45, 2.75) is 24.9 Å². The van der Waals surface area contributed by atoms with Gasteiger partial charge in [0, 0.05) is 32.2 Å². The first-order valence-electron chi connectivity index (χ1n) is 4.77. The van der Waals surface area contributed by atoms with Gasteiger partial charge < -0.3 is 10.6 Å². The molecule has 0 saturated carbocycles. The van der Waals surface area contributed by atoms with E-state index in [9.17, 15) is 4.79 Å². The van der Waals surface area contributed by atoms with Crippen LogP contribution in [-0.2, 0) is 4.79 Å². The minimum absolute atomic E-state index is 0.0680. The predicted octanol–water partition coefficient (Wildman–Crippen LogP) is -0.750. The van der Waals surface area contributed by atoms with E-state index in [1.807, 2.05) is 14.0 Å². The van der Waals surface area contributed by atoms with E-state index < -0.39 is 0 Å². The maximum atomic E-state index is 11.6. The summed E-state index contributed by atoms with van der Waals surface area (Å²) in [4.78, 5) is 15.6. The Balaban J connectivity index is 1.94. The highest BCUT2D eigenvalue weighted by molar-refractivity contribution is 5.83. The summed E-state index contributed by atoms with van der Waals surface area (Å²) in [6.45, 7) is 4.64. The van der Waals surface area contributed by atoms with Gasteiger partial charge in [-0.05, 0) is 13.3 Å². The average molecular weight is 183 g/mol. The molecule has 0 bridgehead atoms. The lowest BCUT2D eigenvalue weighted by atomic mass is 9.91. The summed E-state index contributed by atoms with van der Waals surface area (Å²) in [5, 5.41) is 0. The number of rotatable bonds is 1. The van der Waals surface area contributed by atoms with Crippen molar-refractivity contribution in [1.29, 1.82) is 0 Å². The third-order valence-corrected chi connectivity index (χ3v) is 2.97. The zero-order chi connectivity index (χ0) is 9.64. The smallest absolute Gasteiger partial charge is 0.239 e. The number of nitrogens with zero attached hydrogens (tertiary/aromatic N) is 2. The molecular weight excluding hydrogens is 166 g/mol. The lowest BCUT2D eigenvalue weighted by Crippen LogP contribution is -2.68. The molecule has 2 N–H and O–H groups in total. The van der Waals surface area contributed by atoms with E-state index >= 15 is 0 Å². The molecule has 0 aromatic heterocycles. The zero-order valence-electron chi connectivity index (χ0n) is 8.29. The van der Waals surface area contributed by atoms with Crippen molar-refractivity contribution in [3.8, 4) is 0 Å².